The Morgan fingerprint density at radius 1 is 1.35 bits per heavy atom. The largest absolute Gasteiger partial charge is 0.495 e. The summed E-state index contributed by atoms with van der Waals surface area (Å²) in [5.74, 6) is 0.0996. The third-order valence-electron chi connectivity index (χ3n) is 4.00. The standard InChI is InChI=1S/C18H25N5O3/c1-5-23(18(25)17(19-2)13-10-20-22(3)11-13)12-16(24)21-14-8-6-7-9-15(14)26-4/h6-11,17,19H,5,12H2,1-4H3,(H,21,24). The molecule has 0 aliphatic rings. The summed E-state index contributed by atoms with van der Waals surface area (Å²) in [5.41, 5.74) is 1.32. The number of aromatic nitrogens is 2. The predicted octanol–water partition coefficient (Wildman–Crippen LogP) is 1.18. The molecule has 1 unspecified atom stereocenters. The first-order valence-corrected chi connectivity index (χ1v) is 8.37. The third-order valence-corrected chi connectivity index (χ3v) is 4.00. The van der Waals surface area contributed by atoms with E-state index in [9.17, 15) is 9.59 Å². The number of carbonyl (C=O) groups is 2. The summed E-state index contributed by atoms with van der Waals surface area (Å²) in [6.07, 6.45) is 3.42. The van der Waals surface area contributed by atoms with Crippen molar-refractivity contribution < 1.29 is 14.3 Å². The summed E-state index contributed by atoms with van der Waals surface area (Å²) >= 11 is 0. The lowest BCUT2D eigenvalue weighted by atomic mass is 10.1. The van der Waals surface area contributed by atoms with Crippen LogP contribution in [0.25, 0.3) is 0 Å². The Kier molecular flexibility index (Phi) is 6.74. The monoisotopic (exact) mass is 359 g/mol. The summed E-state index contributed by atoms with van der Waals surface area (Å²) < 4.78 is 6.86. The quantitative estimate of drug-likeness (QED) is 0.739. The number of para-hydroxylation sites is 2. The first-order chi connectivity index (χ1) is 12.5. The van der Waals surface area contributed by atoms with Gasteiger partial charge in [0.15, 0.2) is 0 Å². The zero-order chi connectivity index (χ0) is 19.1. The van der Waals surface area contributed by atoms with Crippen LogP contribution in [0.1, 0.15) is 18.5 Å². The number of anilines is 1. The van der Waals surface area contributed by atoms with Gasteiger partial charge in [-0.05, 0) is 26.1 Å². The number of hydrogen-bond donors (Lipinski definition) is 2. The maximum atomic E-state index is 12.8. The minimum Gasteiger partial charge on any atom is -0.495 e. The molecular formula is C18H25N5O3. The highest BCUT2D eigenvalue weighted by Crippen LogP contribution is 2.23. The number of amides is 2. The molecule has 0 fully saturated rings. The van der Waals surface area contributed by atoms with Gasteiger partial charge < -0.3 is 20.3 Å². The molecule has 26 heavy (non-hydrogen) atoms. The molecule has 140 valence electrons. The Balaban J connectivity index is 2.07. The van der Waals surface area contributed by atoms with Gasteiger partial charge in [0.05, 0.1) is 25.5 Å². The molecule has 1 atom stereocenters. The second-order valence-electron chi connectivity index (χ2n) is 5.77. The molecule has 1 heterocycles. The number of nitrogens with one attached hydrogen (secondary N) is 2. The number of hydrogen-bond acceptors (Lipinski definition) is 5. The van der Waals surface area contributed by atoms with Gasteiger partial charge in [0.2, 0.25) is 11.8 Å². The van der Waals surface area contributed by atoms with E-state index < -0.39 is 6.04 Å². The summed E-state index contributed by atoms with van der Waals surface area (Å²) in [6, 6.07) is 6.59. The number of ether oxygens (including phenoxy) is 1. The lowest BCUT2D eigenvalue weighted by Crippen LogP contribution is -2.43. The molecule has 2 aromatic rings. The smallest absolute Gasteiger partial charge is 0.244 e. The molecule has 8 heteroatoms. The first-order valence-electron chi connectivity index (χ1n) is 8.37. The van der Waals surface area contributed by atoms with Crippen LogP contribution in [0.4, 0.5) is 5.69 Å². The maximum Gasteiger partial charge on any atom is 0.244 e. The van der Waals surface area contributed by atoms with Gasteiger partial charge in [-0.1, -0.05) is 12.1 Å². The van der Waals surface area contributed by atoms with E-state index in [0.29, 0.717) is 18.0 Å². The van der Waals surface area contributed by atoms with Crippen molar-refractivity contribution >= 4 is 17.5 Å². The molecule has 0 saturated heterocycles. The Hall–Kier alpha value is -2.87. The molecule has 0 radical (unpaired) electrons. The van der Waals surface area contributed by atoms with Crippen LogP contribution in [-0.4, -0.2) is 53.7 Å². The van der Waals surface area contributed by atoms with Crippen molar-refractivity contribution in [1.82, 2.24) is 20.0 Å². The van der Waals surface area contributed by atoms with Crippen LogP contribution < -0.4 is 15.4 Å². The van der Waals surface area contributed by atoms with E-state index in [2.05, 4.69) is 15.7 Å². The zero-order valence-electron chi connectivity index (χ0n) is 15.5. The highest BCUT2D eigenvalue weighted by molar-refractivity contribution is 5.96. The number of nitrogens with zero attached hydrogens (tertiary/aromatic N) is 3. The van der Waals surface area contributed by atoms with E-state index in [4.69, 9.17) is 4.74 Å². The number of likely N-dealkylation sites (N-methyl/N-ethyl adjacent to an activating group) is 2. The van der Waals surface area contributed by atoms with Gasteiger partial charge >= 0.3 is 0 Å². The van der Waals surface area contributed by atoms with Gasteiger partial charge in [0, 0.05) is 25.4 Å². The van der Waals surface area contributed by atoms with E-state index in [1.807, 2.05) is 13.0 Å². The number of methoxy groups -OCH3 is 1. The van der Waals surface area contributed by atoms with Crippen molar-refractivity contribution in [1.29, 1.82) is 0 Å². The fraction of sp³-hybridized carbons (Fsp3) is 0.389. The molecule has 2 rings (SSSR count). The average Bonchev–Trinajstić information content (AvgIpc) is 3.06. The molecule has 1 aromatic carbocycles. The Morgan fingerprint density at radius 2 is 2.08 bits per heavy atom. The zero-order valence-corrected chi connectivity index (χ0v) is 15.5. The second-order valence-corrected chi connectivity index (χ2v) is 5.77. The molecule has 0 spiro atoms. The van der Waals surface area contributed by atoms with Crippen molar-refractivity contribution in [3.63, 3.8) is 0 Å². The maximum absolute atomic E-state index is 12.8. The van der Waals surface area contributed by atoms with E-state index in [1.54, 1.807) is 49.4 Å². The van der Waals surface area contributed by atoms with Gasteiger partial charge in [-0.15, -0.1) is 0 Å². The lowest BCUT2D eigenvalue weighted by Gasteiger charge is -2.25. The normalized spacial score (nSPS) is 11.7. The topological polar surface area (TPSA) is 88.5 Å². The Labute approximate surface area is 153 Å². The average molecular weight is 359 g/mol. The van der Waals surface area contributed by atoms with Gasteiger partial charge in [-0.3, -0.25) is 14.3 Å². The van der Waals surface area contributed by atoms with Crippen LogP contribution in [0.5, 0.6) is 5.75 Å². The van der Waals surface area contributed by atoms with Gasteiger partial charge in [-0.25, -0.2) is 0 Å². The van der Waals surface area contributed by atoms with Crippen LogP contribution >= 0.6 is 0 Å². The van der Waals surface area contributed by atoms with Gasteiger partial charge in [0.1, 0.15) is 11.8 Å². The fourth-order valence-corrected chi connectivity index (χ4v) is 2.66. The van der Waals surface area contributed by atoms with Gasteiger partial charge in [0.25, 0.3) is 0 Å². The Morgan fingerprint density at radius 3 is 2.65 bits per heavy atom. The van der Waals surface area contributed by atoms with Crippen molar-refractivity contribution in [3.05, 3.63) is 42.2 Å². The molecule has 0 bridgehead atoms. The molecule has 8 nitrogen and oxygen atoms in total. The number of benzene rings is 1. The minimum atomic E-state index is -0.553. The summed E-state index contributed by atoms with van der Waals surface area (Å²) in [7, 11) is 5.04. The number of rotatable bonds is 8. The molecule has 2 N–H and O–H groups in total. The second kappa shape index (κ2) is 9.00. The van der Waals surface area contributed by atoms with Crippen LogP contribution in [0.3, 0.4) is 0 Å². The minimum absolute atomic E-state index is 0.0498. The van der Waals surface area contributed by atoms with Crippen molar-refractivity contribution in [2.75, 3.05) is 32.6 Å². The first kappa shape index (κ1) is 19.5. The molecule has 0 aliphatic carbocycles. The third kappa shape index (κ3) is 4.60. The lowest BCUT2D eigenvalue weighted by molar-refractivity contribution is -0.136. The van der Waals surface area contributed by atoms with Crippen molar-refractivity contribution in [2.45, 2.75) is 13.0 Å². The van der Waals surface area contributed by atoms with Crippen molar-refractivity contribution in [2.24, 2.45) is 7.05 Å². The molecule has 0 saturated carbocycles. The molecule has 1 aromatic heterocycles. The van der Waals surface area contributed by atoms with Crippen molar-refractivity contribution in [3.8, 4) is 5.75 Å². The summed E-state index contributed by atoms with van der Waals surface area (Å²) in [4.78, 5) is 26.8. The van der Waals surface area contributed by atoms with Gasteiger partial charge in [-0.2, -0.15) is 5.10 Å². The number of aryl methyl sites for hydroxylation is 1. The van der Waals surface area contributed by atoms with E-state index >= 15 is 0 Å². The van der Waals surface area contributed by atoms with Crippen LogP contribution in [0.2, 0.25) is 0 Å². The predicted molar refractivity (Wildman–Crippen MR) is 98.9 cm³/mol. The number of carbonyl (C=O) groups excluding carboxylic acids is 2. The highest BCUT2D eigenvalue weighted by Gasteiger charge is 2.26. The van der Waals surface area contributed by atoms with E-state index in [-0.39, 0.29) is 18.4 Å². The highest BCUT2D eigenvalue weighted by atomic mass is 16.5. The van der Waals surface area contributed by atoms with Crippen LogP contribution in [0, 0.1) is 0 Å². The molecule has 2 amide bonds. The summed E-state index contributed by atoms with van der Waals surface area (Å²) in [6.45, 7) is 2.20. The van der Waals surface area contributed by atoms with E-state index in [0.717, 1.165) is 5.56 Å². The summed E-state index contributed by atoms with van der Waals surface area (Å²) in [5, 5.41) is 9.88. The SMILES string of the molecule is CCN(CC(=O)Nc1ccccc1OC)C(=O)C(NC)c1cnn(C)c1. The molecular weight excluding hydrogens is 334 g/mol. The fourth-order valence-electron chi connectivity index (χ4n) is 2.66. The van der Waals surface area contributed by atoms with E-state index in [1.165, 1.54) is 12.0 Å². The van der Waals surface area contributed by atoms with Crippen LogP contribution in [-0.2, 0) is 16.6 Å². The van der Waals surface area contributed by atoms with Crippen LogP contribution in [0.15, 0.2) is 36.7 Å². The molecule has 0 aliphatic heterocycles. The Bertz CT molecular complexity index is 759.